The number of rotatable bonds is 6. The molecule has 0 aliphatic heterocycles. The first-order valence-corrected chi connectivity index (χ1v) is 5.01. The van der Waals surface area contributed by atoms with Gasteiger partial charge in [0.15, 0.2) is 5.84 Å². The molecule has 1 unspecified atom stereocenters. The van der Waals surface area contributed by atoms with Gasteiger partial charge < -0.3 is 20.7 Å². The summed E-state index contributed by atoms with van der Waals surface area (Å²) >= 11 is 0. The van der Waals surface area contributed by atoms with Gasteiger partial charge in [-0.3, -0.25) is 0 Å². The average Bonchev–Trinajstić information content (AvgIpc) is 2.76. The van der Waals surface area contributed by atoms with E-state index in [1.807, 2.05) is 19.1 Å². The number of nitrogens with two attached hydrogens (primary N) is 1. The van der Waals surface area contributed by atoms with Crippen molar-refractivity contribution in [2.45, 2.75) is 25.8 Å². The van der Waals surface area contributed by atoms with Crippen molar-refractivity contribution in [1.29, 1.82) is 0 Å². The molecule has 84 valence electrons. The molecule has 4 N–H and O–H groups in total. The summed E-state index contributed by atoms with van der Waals surface area (Å²) in [5.41, 5.74) is 5.50. The average molecular weight is 211 g/mol. The fraction of sp³-hybridized carbons (Fsp3) is 0.500. The lowest BCUT2D eigenvalue weighted by atomic mass is 10.2. The van der Waals surface area contributed by atoms with Gasteiger partial charge in [0.05, 0.1) is 12.3 Å². The van der Waals surface area contributed by atoms with Crippen LogP contribution in [0.5, 0.6) is 0 Å². The zero-order chi connectivity index (χ0) is 11.1. The van der Waals surface area contributed by atoms with E-state index in [9.17, 15) is 0 Å². The van der Waals surface area contributed by atoms with E-state index in [1.165, 1.54) is 0 Å². The fourth-order valence-corrected chi connectivity index (χ4v) is 1.35. The molecule has 1 aromatic heterocycles. The third-order valence-electron chi connectivity index (χ3n) is 2.22. The van der Waals surface area contributed by atoms with Crippen molar-refractivity contribution < 1.29 is 9.62 Å². The predicted molar refractivity (Wildman–Crippen MR) is 57.9 cm³/mol. The lowest BCUT2D eigenvalue weighted by molar-refractivity contribution is 0.314. The Bertz CT molecular complexity index is 296. The molecule has 0 bridgehead atoms. The molecular formula is C10H17N3O2. The molecule has 0 amide bonds. The number of hydrogen-bond acceptors (Lipinski definition) is 4. The second-order valence-electron chi connectivity index (χ2n) is 3.27. The molecule has 0 fully saturated rings. The number of furan rings is 1. The lowest BCUT2D eigenvalue weighted by Gasteiger charge is -2.14. The Hall–Kier alpha value is -1.49. The highest BCUT2D eigenvalue weighted by Gasteiger charge is 2.10. The second kappa shape index (κ2) is 6.08. The SMILES string of the molecule is CCC(NCCc1ccco1)C(N)=NO. The molecule has 0 saturated carbocycles. The molecule has 5 nitrogen and oxygen atoms in total. The Morgan fingerprint density at radius 2 is 2.53 bits per heavy atom. The first kappa shape index (κ1) is 11.6. The fourth-order valence-electron chi connectivity index (χ4n) is 1.35. The van der Waals surface area contributed by atoms with Crippen LogP contribution < -0.4 is 11.1 Å². The molecule has 0 aliphatic rings. The molecule has 0 saturated heterocycles. The first-order valence-electron chi connectivity index (χ1n) is 5.01. The maximum atomic E-state index is 8.52. The Morgan fingerprint density at radius 1 is 1.73 bits per heavy atom. The van der Waals surface area contributed by atoms with Gasteiger partial charge in [0.25, 0.3) is 0 Å². The van der Waals surface area contributed by atoms with Crippen molar-refractivity contribution in [3.63, 3.8) is 0 Å². The van der Waals surface area contributed by atoms with Gasteiger partial charge in [-0.05, 0) is 18.6 Å². The minimum atomic E-state index is -0.0787. The molecule has 1 heterocycles. The molecule has 0 spiro atoms. The van der Waals surface area contributed by atoms with Crippen LogP contribution in [0.3, 0.4) is 0 Å². The normalized spacial score (nSPS) is 14.1. The van der Waals surface area contributed by atoms with Crippen LogP contribution in [-0.2, 0) is 6.42 Å². The molecule has 5 heteroatoms. The Labute approximate surface area is 88.9 Å². The van der Waals surface area contributed by atoms with E-state index in [0.717, 1.165) is 25.1 Å². The molecule has 0 radical (unpaired) electrons. The number of amidine groups is 1. The minimum Gasteiger partial charge on any atom is -0.469 e. The summed E-state index contributed by atoms with van der Waals surface area (Å²) in [4.78, 5) is 0. The molecule has 0 aromatic carbocycles. The van der Waals surface area contributed by atoms with Crippen LogP contribution in [0.25, 0.3) is 0 Å². The summed E-state index contributed by atoms with van der Waals surface area (Å²) in [5, 5.41) is 14.7. The summed E-state index contributed by atoms with van der Waals surface area (Å²) in [6.07, 6.45) is 3.23. The van der Waals surface area contributed by atoms with Crippen LogP contribution >= 0.6 is 0 Å². The van der Waals surface area contributed by atoms with Gasteiger partial charge in [0.2, 0.25) is 0 Å². The van der Waals surface area contributed by atoms with Gasteiger partial charge in [-0.25, -0.2) is 0 Å². The van der Waals surface area contributed by atoms with Crippen molar-refractivity contribution >= 4 is 5.84 Å². The lowest BCUT2D eigenvalue weighted by Crippen LogP contribution is -2.41. The molecule has 1 aromatic rings. The highest BCUT2D eigenvalue weighted by Crippen LogP contribution is 2.00. The van der Waals surface area contributed by atoms with E-state index in [-0.39, 0.29) is 11.9 Å². The maximum Gasteiger partial charge on any atom is 0.156 e. The quantitative estimate of drug-likeness (QED) is 0.283. The van der Waals surface area contributed by atoms with Gasteiger partial charge >= 0.3 is 0 Å². The van der Waals surface area contributed by atoms with Crippen LogP contribution in [0.2, 0.25) is 0 Å². The van der Waals surface area contributed by atoms with Crippen molar-refractivity contribution in [3.8, 4) is 0 Å². The first-order chi connectivity index (χ1) is 7.27. The zero-order valence-electron chi connectivity index (χ0n) is 8.81. The number of nitrogens with one attached hydrogen (secondary N) is 1. The largest absolute Gasteiger partial charge is 0.469 e. The van der Waals surface area contributed by atoms with Crippen LogP contribution in [0.4, 0.5) is 0 Å². The van der Waals surface area contributed by atoms with E-state index in [0.29, 0.717) is 0 Å². The smallest absolute Gasteiger partial charge is 0.156 e. The van der Waals surface area contributed by atoms with Gasteiger partial charge in [-0.15, -0.1) is 0 Å². The summed E-state index contributed by atoms with van der Waals surface area (Å²) in [7, 11) is 0. The topological polar surface area (TPSA) is 83.8 Å². The molecule has 1 atom stereocenters. The Kier molecular flexibility index (Phi) is 4.70. The molecule has 1 rings (SSSR count). The zero-order valence-corrected chi connectivity index (χ0v) is 8.81. The number of nitrogens with zero attached hydrogens (tertiary/aromatic N) is 1. The third kappa shape index (κ3) is 3.63. The molecule has 0 aliphatic carbocycles. The number of oxime groups is 1. The van der Waals surface area contributed by atoms with Gasteiger partial charge in [0.1, 0.15) is 5.76 Å². The predicted octanol–water partition coefficient (Wildman–Crippen LogP) is 0.937. The summed E-state index contributed by atoms with van der Waals surface area (Å²) in [6.45, 7) is 2.71. The van der Waals surface area contributed by atoms with Crippen LogP contribution in [0.15, 0.2) is 28.0 Å². The standard InChI is InChI=1S/C10H17N3O2/c1-2-9(10(11)13-14)12-6-5-8-4-3-7-15-8/h3-4,7,9,12,14H,2,5-6H2,1H3,(H2,11,13). The van der Waals surface area contributed by atoms with E-state index in [4.69, 9.17) is 15.4 Å². The van der Waals surface area contributed by atoms with E-state index in [1.54, 1.807) is 6.26 Å². The Morgan fingerprint density at radius 3 is 3.07 bits per heavy atom. The van der Waals surface area contributed by atoms with Crippen molar-refractivity contribution in [3.05, 3.63) is 24.2 Å². The van der Waals surface area contributed by atoms with Crippen LogP contribution in [0, 0.1) is 0 Å². The van der Waals surface area contributed by atoms with E-state index in [2.05, 4.69) is 10.5 Å². The molecular weight excluding hydrogens is 194 g/mol. The van der Waals surface area contributed by atoms with Crippen LogP contribution in [-0.4, -0.2) is 23.6 Å². The second-order valence-corrected chi connectivity index (χ2v) is 3.27. The maximum absolute atomic E-state index is 8.52. The van der Waals surface area contributed by atoms with E-state index < -0.39 is 0 Å². The highest BCUT2D eigenvalue weighted by atomic mass is 16.4. The monoisotopic (exact) mass is 211 g/mol. The summed E-state index contributed by atoms with van der Waals surface area (Å²) in [6, 6.07) is 3.70. The van der Waals surface area contributed by atoms with Gasteiger partial charge in [0, 0.05) is 13.0 Å². The highest BCUT2D eigenvalue weighted by molar-refractivity contribution is 5.85. The van der Waals surface area contributed by atoms with Crippen molar-refractivity contribution in [2.24, 2.45) is 10.9 Å². The number of hydrogen-bond donors (Lipinski definition) is 3. The van der Waals surface area contributed by atoms with Crippen LogP contribution in [0.1, 0.15) is 19.1 Å². The third-order valence-corrected chi connectivity index (χ3v) is 2.22. The van der Waals surface area contributed by atoms with E-state index >= 15 is 0 Å². The van der Waals surface area contributed by atoms with Gasteiger partial charge in [-0.1, -0.05) is 12.1 Å². The molecule has 15 heavy (non-hydrogen) atoms. The van der Waals surface area contributed by atoms with Crippen molar-refractivity contribution in [2.75, 3.05) is 6.54 Å². The van der Waals surface area contributed by atoms with Crippen molar-refractivity contribution in [1.82, 2.24) is 5.32 Å². The summed E-state index contributed by atoms with van der Waals surface area (Å²) in [5.74, 6) is 1.15. The minimum absolute atomic E-state index is 0.0787. The summed E-state index contributed by atoms with van der Waals surface area (Å²) < 4.78 is 5.18. The van der Waals surface area contributed by atoms with Gasteiger partial charge in [-0.2, -0.15) is 0 Å². The Balaban J connectivity index is 2.29.